The van der Waals surface area contributed by atoms with Gasteiger partial charge in [-0.25, -0.2) is 17.7 Å². The molecule has 2 aliphatic heterocycles. The quantitative estimate of drug-likeness (QED) is 0.276. The lowest BCUT2D eigenvalue weighted by Crippen LogP contribution is -2.37. The fourth-order valence-electron chi connectivity index (χ4n) is 6.01. The van der Waals surface area contributed by atoms with Crippen LogP contribution < -0.4 is 16.2 Å². The molecule has 0 radical (unpaired) electrons. The second kappa shape index (κ2) is 13.5. The SMILES string of the molecule is CCc1nccnc1Cn1c(=O)c(C#CC2CCN(S(C)(=O)=O)CC2)cc2cnc(Nc3ccc(NC4CCN(C)C4)cc3)nc21. The first-order valence-electron chi connectivity index (χ1n) is 15.6. The van der Waals surface area contributed by atoms with Crippen LogP contribution in [-0.2, 0) is 23.0 Å². The zero-order valence-electron chi connectivity index (χ0n) is 26.4. The van der Waals surface area contributed by atoms with E-state index in [-0.39, 0.29) is 18.0 Å². The van der Waals surface area contributed by atoms with Crippen molar-refractivity contribution in [2.24, 2.45) is 5.92 Å². The van der Waals surface area contributed by atoms with E-state index in [1.165, 1.54) is 10.6 Å². The molecule has 0 bridgehead atoms. The first-order chi connectivity index (χ1) is 22.2. The summed E-state index contributed by atoms with van der Waals surface area (Å²) in [5.74, 6) is 6.70. The van der Waals surface area contributed by atoms with E-state index in [0.29, 0.717) is 66.6 Å². The Balaban J connectivity index is 1.29. The third-order valence-electron chi connectivity index (χ3n) is 8.57. The van der Waals surface area contributed by atoms with Crippen LogP contribution in [0.1, 0.15) is 43.1 Å². The molecule has 13 heteroatoms. The number of likely N-dealkylation sites (tertiary alicyclic amines) is 1. The summed E-state index contributed by atoms with van der Waals surface area (Å²) in [5, 5.41) is 7.54. The monoisotopic (exact) mass is 641 g/mol. The summed E-state index contributed by atoms with van der Waals surface area (Å²) >= 11 is 0. The highest BCUT2D eigenvalue weighted by Crippen LogP contribution is 2.22. The van der Waals surface area contributed by atoms with Crippen molar-refractivity contribution in [2.75, 3.05) is 50.1 Å². The fraction of sp³-hybridized carbons (Fsp3) is 0.424. The summed E-state index contributed by atoms with van der Waals surface area (Å²) in [6.45, 7) is 5.16. The molecule has 4 aromatic rings. The lowest BCUT2D eigenvalue weighted by molar-refractivity contribution is 0.313. The van der Waals surface area contributed by atoms with Crippen molar-refractivity contribution >= 4 is 38.4 Å². The number of nitrogens with zero attached hydrogens (tertiary/aromatic N) is 7. The summed E-state index contributed by atoms with van der Waals surface area (Å²) in [4.78, 5) is 34.6. The summed E-state index contributed by atoms with van der Waals surface area (Å²) in [6, 6.07) is 10.2. The zero-order chi connectivity index (χ0) is 32.3. The number of sulfonamides is 1. The molecule has 1 atom stereocenters. The van der Waals surface area contributed by atoms with Gasteiger partial charge in [0.1, 0.15) is 5.65 Å². The van der Waals surface area contributed by atoms with Crippen LogP contribution in [0.25, 0.3) is 11.0 Å². The van der Waals surface area contributed by atoms with Crippen LogP contribution in [0.5, 0.6) is 0 Å². The van der Waals surface area contributed by atoms with Gasteiger partial charge in [-0.3, -0.25) is 19.3 Å². The second-order valence-corrected chi connectivity index (χ2v) is 14.0. The molecule has 1 aromatic carbocycles. The van der Waals surface area contributed by atoms with Gasteiger partial charge in [0.15, 0.2) is 0 Å². The standard InChI is InChI=1S/C33H39N9O3S/c1-4-29-30(35-15-14-34-29)22-42-31-25(19-24(32(42)43)6-5-23-11-17-41(18-12-23)46(3,44)45)20-36-33(39-31)38-27-9-7-26(8-10-27)37-28-13-16-40(2)21-28/h7-10,14-15,19-20,23,28,37H,4,11-13,16-18,21-22H2,1-3H3,(H,36,38,39). The Morgan fingerprint density at radius 1 is 0.978 bits per heavy atom. The smallest absolute Gasteiger partial charge is 0.268 e. The molecule has 0 spiro atoms. The van der Waals surface area contributed by atoms with Crippen LogP contribution in [0.3, 0.4) is 0 Å². The van der Waals surface area contributed by atoms with Crippen LogP contribution in [-0.4, -0.2) is 87.7 Å². The van der Waals surface area contributed by atoms with E-state index in [9.17, 15) is 13.2 Å². The van der Waals surface area contributed by atoms with Crippen LogP contribution in [0.2, 0.25) is 0 Å². The maximum absolute atomic E-state index is 13.9. The number of benzene rings is 1. The third kappa shape index (κ3) is 7.36. The van der Waals surface area contributed by atoms with Crippen LogP contribution >= 0.6 is 0 Å². The largest absolute Gasteiger partial charge is 0.381 e. The van der Waals surface area contributed by atoms with Crippen LogP contribution in [0, 0.1) is 17.8 Å². The van der Waals surface area contributed by atoms with Gasteiger partial charge in [0.2, 0.25) is 16.0 Å². The summed E-state index contributed by atoms with van der Waals surface area (Å²) in [6.07, 6.45) is 9.23. The highest BCUT2D eigenvalue weighted by Gasteiger charge is 2.24. The van der Waals surface area contributed by atoms with E-state index in [1.807, 2.05) is 31.2 Å². The van der Waals surface area contributed by atoms with E-state index in [4.69, 9.17) is 4.98 Å². The fourth-order valence-corrected chi connectivity index (χ4v) is 6.88. The van der Waals surface area contributed by atoms with Crippen molar-refractivity contribution in [1.29, 1.82) is 0 Å². The number of likely N-dealkylation sites (N-methyl/N-ethyl adjacent to an activating group) is 1. The van der Waals surface area contributed by atoms with E-state index >= 15 is 0 Å². The molecule has 2 fully saturated rings. The van der Waals surface area contributed by atoms with Gasteiger partial charge in [0, 0.05) is 66.9 Å². The Labute approximate surface area is 269 Å². The average Bonchev–Trinajstić information content (AvgIpc) is 3.46. The molecule has 240 valence electrons. The molecule has 0 saturated carbocycles. The number of nitrogens with one attached hydrogen (secondary N) is 2. The van der Waals surface area contributed by atoms with Gasteiger partial charge in [-0.05, 0) is 69.6 Å². The first-order valence-corrected chi connectivity index (χ1v) is 17.5. The van der Waals surface area contributed by atoms with Gasteiger partial charge < -0.3 is 15.5 Å². The van der Waals surface area contributed by atoms with Gasteiger partial charge in [-0.15, -0.1) is 0 Å². The lowest BCUT2D eigenvalue weighted by Gasteiger charge is -2.27. The molecule has 6 rings (SSSR count). The van der Waals surface area contributed by atoms with Gasteiger partial charge in [0.05, 0.1) is 29.8 Å². The molecule has 0 aliphatic carbocycles. The van der Waals surface area contributed by atoms with Gasteiger partial charge in [-0.2, -0.15) is 4.98 Å². The van der Waals surface area contributed by atoms with E-state index in [0.717, 1.165) is 36.6 Å². The highest BCUT2D eigenvalue weighted by atomic mass is 32.2. The number of fused-ring (bicyclic) bond motifs is 1. The maximum Gasteiger partial charge on any atom is 0.268 e. The van der Waals surface area contributed by atoms with Gasteiger partial charge in [0.25, 0.3) is 5.56 Å². The van der Waals surface area contributed by atoms with Crippen LogP contribution in [0.4, 0.5) is 17.3 Å². The molecule has 1 unspecified atom stereocenters. The highest BCUT2D eigenvalue weighted by molar-refractivity contribution is 7.88. The van der Waals surface area contributed by atoms with Crippen molar-refractivity contribution in [1.82, 2.24) is 33.7 Å². The van der Waals surface area contributed by atoms with Crippen LogP contribution in [0.15, 0.2) is 53.7 Å². The van der Waals surface area contributed by atoms with E-state index in [2.05, 4.69) is 49.4 Å². The molecule has 2 saturated heterocycles. The molecule has 46 heavy (non-hydrogen) atoms. The minimum Gasteiger partial charge on any atom is -0.381 e. The minimum atomic E-state index is -3.22. The van der Waals surface area contributed by atoms with Crippen molar-refractivity contribution in [3.05, 3.63) is 76.2 Å². The third-order valence-corrected chi connectivity index (χ3v) is 9.87. The Morgan fingerprint density at radius 3 is 2.37 bits per heavy atom. The number of aromatic nitrogens is 5. The number of pyridine rings is 1. The van der Waals surface area contributed by atoms with Crippen molar-refractivity contribution in [2.45, 2.75) is 45.2 Å². The predicted octanol–water partition coefficient (Wildman–Crippen LogP) is 3.07. The Bertz CT molecular complexity index is 1940. The summed E-state index contributed by atoms with van der Waals surface area (Å²) in [5.41, 5.74) is 3.90. The van der Waals surface area contributed by atoms with Gasteiger partial charge >= 0.3 is 0 Å². The first kappa shape index (κ1) is 31.6. The Hall–Kier alpha value is -4.38. The number of hydrogen-bond donors (Lipinski definition) is 2. The number of piperidine rings is 1. The predicted molar refractivity (Wildman–Crippen MR) is 180 cm³/mol. The Kier molecular flexibility index (Phi) is 9.30. The molecular formula is C33H39N9O3S. The van der Waals surface area contributed by atoms with E-state index in [1.54, 1.807) is 29.2 Å². The molecule has 2 aliphatic rings. The van der Waals surface area contributed by atoms with Crippen molar-refractivity contribution < 1.29 is 8.42 Å². The minimum absolute atomic E-state index is 0.00264. The number of anilines is 3. The lowest BCUT2D eigenvalue weighted by atomic mass is 9.98. The number of hydrogen-bond acceptors (Lipinski definition) is 10. The van der Waals surface area contributed by atoms with Crippen molar-refractivity contribution in [3.8, 4) is 11.8 Å². The van der Waals surface area contributed by atoms with Crippen molar-refractivity contribution in [3.63, 3.8) is 0 Å². The molecule has 2 N–H and O–H groups in total. The normalized spacial score (nSPS) is 17.9. The summed E-state index contributed by atoms with van der Waals surface area (Å²) < 4.78 is 26.9. The molecule has 3 aromatic heterocycles. The molecule has 5 heterocycles. The molecular weight excluding hydrogens is 602 g/mol. The maximum atomic E-state index is 13.9. The van der Waals surface area contributed by atoms with E-state index < -0.39 is 10.0 Å². The van der Waals surface area contributed by atoms with Gasteiger partial charge in [-0.1, -0.05) is 18.8 Å². The number of rotatable bonds is 8. The number of aryl methyl sites for hydroxylation is 1. The summed E-state index contributed by atoms with van der Waals surface area (Å²) in [7, 11) is -1.09. The zero-order valence-corrected chi connectivity index (χ0v) is 27.2. The molecule has 12 nitrogen and oxygen atoms in total. The molecule has 0 amide bonds. The average molecular weight is 642 g/mol. The Morgan fingerprint density at radius 2 is 1.70 bits per heavy atom. The topological polar surface area (TPSA) is 138 Å². The second-order valence-electron chi connectivity index (χ2n) is 12.0.